The monoisotopic (exact) mass is 398 g/mol. The van der Waals surface area contributed by atoms with Crippen molar-refractivity contribution in [2.24, 2.45) is 5.73 Å². The summed E-state index contributed by atoms with van der Waals surface area (Å²) in [6.07, 6.45) is 0.439. The van der Waals surface area contributed by atoms with Gasteiger partial charge < -0.3 is 20.7 Å². The van der Waals surface area contributed by atoms with E-state index in [2.05, 4.69) is 10.6 Å². The summed E-state index contributed by atoms with van der Waals surface area (Å²) >= 11 is 1.05. The number of hydrogen-bond donors (Lipinski definition) is 2. The van der Waals surface area contributed by atoms with Crippen molar-refractivity contribution < 1.29 is 23.9 Å². The lowest BCUT2D eigenvalue weighted by Gasteiger charge is -2.14. The molecule has 1 aromatic heterocycles. The number of carbonyl (C=O) groups is 2. The van der Waals surface area contributed by atoms with E-state index in [-0.39, 0.29) is 16.5 Å². The summed E-state index contributed by atoms with van der Waals surface area (Å²) in [6.45, 7) is 1.82. The zero-order chi connectivity index (χ0) is 20.1. The number of primary amides is 1. The van der Waals surface area contributed by atoms with Crippen molar-refractivity contribution in [1.29, 1.82) is 0 Å². The summed E-state index contributed by atoms with van der Waals surface area (Å²) in [5.74, 6) is -1.63. The Kier molecular flexibility index (Phi) is 5.95. The van der Waals surface area contributed by atoms with Gasteiger partial charge in [0.05, 0.1) is 21.8 Å². The fraction of sp³-hybridized carbons (Fsp3) is 0.158. The van der Waals surface area contributed by atoms with E-state index < -0.39 is 17.1 Å². The van der Waals surface area contributed by atoms with Gasteiger partial charge in [-0.15, -0.1) is 0 Å². The molecule has 0 saturated heterocycles. The first-order valence-electron chi connectivity index (χ1n) is 8.52. The molecule has 8 nitrogen and oxygen atoms in total. The number of thioether (sulfide) groups is 1. The fourth-order valence-electron chi connectivity index (χ4n) is 2.55. The number of nitrogens with zero attached hydrogens (tertiary/aromatic N) is 2. The molecule has 0 aliphatic carbocycles. The van der Waals surface area contributed by atoms with Crippen LogP contribution in [0, 0.1) is 0 Å². The maximum atomic E-state index is 12.8. The number of anilines is 1. The third kappa shape index (κ3) is 4.15. The summed E-state index contributed by atoms with van der Waals surface area (Å²) in [4.78, 5) is 24.3. The van der Waals surface area contributed by atoms with Gasteiger partial charge >= 0.3 is 0 Å². The van der Waals surface area contributed by atoms with Crippen molar-refractivity contribution in [3.63, 3.8) is 0 Å². The lowest BCUT2D eigenvalue weighted by molar-refractivity contribution is -0.705. The van der Waals surface area contributed by atoms with Crippen LogP contribution in [-0.2, 0) is 4.79 Å². The molecule has 3 N–H and O–H groups in total. The van der Waals surface area contributed by atoms with Crippen molar-refractivity contribution in [2.75, 3.05) is 5.32 Å². The average Bonchev–Trinajstić information content (AvgIpc) is 3.07. The number of para-hydroxylation sites is 2. The summed E-state index contributed by atoms with van der Waals surface area (Å²) in [7, 11) is 0. The molecule has 0 fully saturated rings. The molecule has 1 unspecified atom stereocenters. The minimum Gasteiger partial charge on any atom is -0.538 e. The predicted molar refractivity (Wildman–Crippen MR) is 101 cm³/mol. The average molecular weight is 398 g/mol. The molecule has 2 aromatic carbocycles. The molecular formula is C19H18N4O4S. The van der Waals surface area contributed by atoms with E-state index in [0.717, 1.165) is 11.8 Å². The number of hydrogen-bond acceptors (Lipinski definition) is 6. The first kappa shape index (κ1) is 19.4. The Balaban J connectivity index is 1.83. The summed E-state index contributed by atoms with van der Waals surface area (Å²) in [6, 6.07) is 15.5. The topological polar surface area (TPSA) is 125 Å². The molecule has 3 rings (SSSR count). The van der Waals surface area contributed by atoms with Crippen LogP contribution in [0.25, 0.3) is 5.69 Å². The minimum atomic E-state index is -0.639. The SMILES string of the molecule is CCC(Sc1c([O-])on[n+]1-c1ccccc1)C(=O)Nc1ccccc1C(N)=O. The second-order valence-electron chi connectivity index (χ2n) is 5.83. The molecule has 28 heavy (non-hydrogen) atoms. The smallest absolute Gasteiger partial charge is 0.298 e. The molecule has 0 spiro atoms. The molecular weight excluding hydrogens is 380 g/mol. The van der Waals surface area contributed by atoms with Gasteiger partial charge in [-0.05, 0) is 35.0 Å². The summed E-state index contributed by atoms with van der Waals surface area (Å²) in [5.41, 5.74) is 6.53. The van der Waals surface area contributed by atoms with Crippen LogP contribution in [0.2, 0.25) is 0 Å². The first-order chi connectivity index (χ1) is 13.5. The Bertz CT molecular complexity index is 991. The maximum Gasteiger partial charge on any atom is 0.298 e. The van der Waals surface area contributed by atoms with Crippen LogP contribution in [0.5, 0.6) is 5.95 Å². The highest BCUT2D eigenvalue weighted by atomic mass is 32.2. The zero-order valence-electron chi connectivity index (χ0n) is 15.0. The van der Waals surface area contributed by atoms with Crippen LogP contribution >= 0.6 is 11.8 Å². The molecule has 3 aromatic rings. The van der Waals surface area contributed by atoms with Crippen LogP contribution in [0.3, 0.4) is 0 Å². The zero-order valence-corrected chi connectivity index (χ0v) is 15.8. The highest BCUT2D eigenvalue weighted by Crippen LogP contribution is 2.30. The number of amides is 2. The van der Waals surface area contributed by atoms with E-state index in [1.165, 1.54) is 10.7 Å². The number of rotatable bonds is 7. The van der Waals surface area contributed by atoms with Crippen molar-refractivity contribution in [1.82, 2.24) is 5.27 Å². The quantitative estimate of drug-likeness (QED) is 0.460. The normalized spacial score (nSPS) is 11.8. The van der Waals surface area contributed by atoms with Crippen LogP contribution in [0.4, 0.5) is 5.69 Å². The Morgan fingerprint density at radius 2 is 1.89 bits per heavy atom. The molecule has 0 bridgehead atoms. The summed E-state index contributed by atoms with van der Waals surface area (Å²) < 4.78 is 6.15. The van der Waals surface area contributed by atoms with E-state index >= 15 is 0 Å². The Morgan fingerprint density at radius 3 is 2.57 bits per heavy atom. The summed E-state index contributed by atoms with van der Waals surface area (Å²) in [5, 5.41) is 18.2. The van der Waals surface area contributed by atoms with E-state index in [0.29, 0.717) is 17.8 Å². The highest BCUT2D eigenvalue weighted by Gasteiger charge is 2.28. The van der Waals surface area contributed by atoms with E-state index in [4.69, 9.17) is 10.3 Å². The van der Waals surface area contributed by atoms with Crippen LogP contribution in [0.15, 0.2) is 64.1 Å². The Hall–Kier alpha value is -3.33. The lowest BCUT2D eigenvalue weighted by atomic mass is 10.1. The largest absolute Gasteiger partial charge is 0.538 e. The molecule has 1 atom stereocenters. The van der Waals surface area contributed by atoms with Gasteiger partial charge in [0.25, 0.3) is 10.9 Å². The molecule has 0 saturated carbocycles. The second-order valence-corrected chi connectivity index (χ2v) is 7.02. The van der Waals surface area contributed by atoms with E-state index in [9.17, 15) is 14.7 Å². The van der Waals surface area contributed by atoms with Crippen molar-refractivity contribution in [3.05, 3.63) is 60.2 Å². The third-order valence-corrected chi connectivity index (χ3v) is 5.34. The standard InChI is InChI=1S/C19H18N4O4S/c1-2-15(17(25)21-14-11-7-6-10-13(14)16(20)24)28-18-19(26)27-22-23(18)12-8-4-3-5-9-12/h3-11,15H,2H2,1H3,(H3-,20,21,22,24,25,26). The van der Waals surface area contributed by atoms with Gasteiger partial charge in [-0.25, -0.2) is 0 Å². The van der Waals surface area contributed by atoms with Crippen LogP contribution in [0.1, 0.15) is 23.7 Å². The second kappa shape index (κ2) is 8.57. The molecule has 9 heteroatoms. The highest BCUT2D eigenvalue weighted by molar-refractivity contribution is 8.00. The van der Waals surface area contributed by atoms with Crippen molar-refractivity contribution >= 4 is 29.3 Å². The van der Waals surface area contributed by atoms with Crippen molar-refractivity contribution in [3.8, 4) is 11.6 Å². The lowest BCUT2D eigenvalue weighted by Crippen LogP contribution is -2.36. The molecule has 144 valence electrons. The number of nitrogens with one attached hydrogen (secondary N) is 1. The number of aromatic nitrogens is 2. The number of benzene rings is 2. The van der Waals surface area contributed by atoms with Gasteiger partial charge in [-0.1, -0.05) is 37.3 Å². The number of nitrogens with two attached hydrogens (primary N) is 1. The van der Waals surface area contributed by atoms with Gasteiger partial charge in [-0.3, -0.25) is 9.59 Å². The molecule has 1 heterocycles. The van der Waals surface area contributed by atoms with Crippen LogP contribution < -0.4 is 20.8 Å². The minimum absolute atomic E-state index is 0.191. The number of carbonyl (C=O) groups excluding carboxylic acids is 2. The van der Waals surface area contributed by atoms with Gasteiger partial charge in [-0.2, -0.15) is 0 Å². The van der Waals surface area contributed by atoms with Crippen LogP contribution in [-0.4, -0.2) is 22.3 Å². The van der Waals surface area contributed by atoms with Gasteiger partial charge in [0, 0.05) is 12.1 Å². The molecule has 0 aliphatic rings. The molecule has 0 aliphatic heterocycles. The fourth-order valence-corrected chi connectivity index (χ4v) is 3.52. The predicted octanol–water partition coefficient (Wildman–Crippen LogP) is 1.63. The van der Waals surface area contributed by atoms with Crippen molar-refractivity contribution in [2.45, 2.75) is 23.6 Å². The maximum absolute atomic E-state index is 12.8. The van der Waals surface area contributed by atoms with Gasteiger partial charge in [0.2, 0.25) is 11.6 Å². The molecule has 0 radical (unpaired) electrons. The third-order valence-electron chi connectivity index (χ3n) is 3.94. The molecule has 2 amide bonds. The first-order valence-corrected chi connectivity index (χ1v) is 9.40. The Labute approximate surface area is 165 Å². The van der Waals surface area contributed by atoms with Gasteiger partial charge in [0.15, 0.2) is 5.95 Å². The van der Waals surface area contributed by atoms with E-state index in [1.807, 2.05) is 13.0 Å². The Morgan fingerprint density at radius 1 is 1.21 bits per heavy atom. The van der Waals surface area contributed by atoms with Gasteiger partial charge in [0.1, 0.15) is 0 Å². The van der Waals surface area contributed by atoms with E-state index in [1.54, 1.807) is 42.5 Å².